The summed E-state index contributed by atoms with van der Waals surface area (Å²) in [4.78, 5) is 3.36. The van der Waals surface area contributed by atoms with Crippen LogP contribution in [0.3, 0.4) is 0 Å². The van der Waals surface area contributed by atoms with Crippen molar-refractivity contribution in [1.29, 1.82) is 0 Å². The van der Waals surface area contributed by atoms with E-state index in [1.807, 2.05) is 44.5 Å². The zero-order valence-corrected chi connectivity index (χ0v) is 12.9. The number of benzene rings is 1. The molecule has 0 fully saturated rings. The smallest absolute Gasteiger partial charge is 0.127 e. The van der Waals surface area contributed by atoms with Gasteiger partial charge in [0.05, 0.1) is 6.04 Å². The summed E-state index contributed by atoms with van der Waals surface area (Å²) < 4.78 is 14.0. The van der Waals surface area contributed by atoms with E-state index < -0.39 is 0 Å². The van der Waals surface area contributed by atoms with E-state index in [1.165, 1.54) is 10.9 Å². The molecule has 4 heteroatoms. The van der Waals surface area contributed by atoms with Crippen LogP contribution in [-0.4, -0.2) is 18.0 Å². The minimum Gasteiger partial charge on any atom is -0.326 e. The summed E-state index contributed by atoms with van der Waals surface area (Å²) in [6.07, 6.45) is 0. The molecule has 0 radical (unpaired) electrons. The Kier molecular flexibility index (Phi) is 4.91. The molecule has 3 unspecified atom stereocenters. The fraction of sp³-hybridized carbons (Fsp3) is 0.375. The molecular weight excluding hydrogens is 271 g/mol. The molecule has 0 saturated heterocycles. The Hall–Kier alpha value is -1.23. The molecule has 1 aromatic heterocycles. The van der Waals surface area contributed by atoms with Crippen molar-refractivity contribution in [2.45, 2.75) is 32.0 Å². The number of hydrogen-bond acceptors (Lipinski definition) is 3. The van der Waals surface area contributed by atoms with Gasteiger partial charge in [0.15, 0.2) is 0 Å². The van der Waals surface area contributed by atoms with Gasteiger partial charge in [-0.2, -0.15) is 0 Å². The highest BCUT2D eigenvalue weighted by Gasteiger charge is 2.27. The van der Waals surface area contributed by atoms with Crippen LogP contribution in [0.25, 0.3) is 0 Å². The third-order valence-electron chi connectivity index (χ3n) is 3.74. The number of nitrogens with two attached hydrogens (primary N) is 1. The summed E-state index contributed by atoms with van der Waals surface area (Å²) in [5.74, 6) is -0.165. The molecule has 2 nitrogen and oxygen atoms in total. The largest absolute Gasteiger partial charge is 0.326 e. The Morgan fingerprint density at radius 3 is 2.40 bits per heavy atom. The van der Waals surface area contributed by atoms with Gasteiger partial charge in [-0.05, 0) is 38.4 Å². The maximum atomic E-state index is 14.0. The van der Waals surface area contributed by atoms with Crippen molar-refractivity contribution in [2.75, 3.05) is 7.05 Å². The molecule has 1 heterocycles. The lowest BCUT2D eigenvalue weighted by Crippen LogP contribution is -2.38. The van der Waals surface area contributed by atoms with E-state index in [9.17, 15) is 4.39 Å². The van der Waals surface area contributed by atoms with Gasteiger partial charge in [0, 0.05) is 22.5 Å². The maximum absolute atomic E-state index is 14.0. The topological polar surface area (TPSA) is 29.3 Å². The third-order valence-corrected chi connectivity index (χ3v) is 4.68. The van der Waals surface area contributed by atoms with E-state index in [0.29, 0.717) is 5.56 Å². The van der Waals surface area contributed by atoms with Gasteiger partial charge in [0.2, 0.25) is 0 Å². The van der Waals surface area contributed by atoms with Crippen molar-refractivity contribution >= 4 is 11.3 Å². The molecule has 0 amide bonds. The standard InChI is InChI=1S/C16H21FN2S/c1-11(18)16(15-9-6-10-20-15)19(3)12(2)13-7-4-5-8-14(13)17/h4-12,16H,18H2,1-3H3. The second-order valence-corrected chi connectivity index (χ2v) is 6.16. The van der Waals surface area contributed by atoms with Crippen molar-refractivity contribution in [1.82, 2.24) is 4.90 Å². The van der Waals surface area contributed by atoms with Crippen molar-refractivity contribution in [3.63, 3.8) is 0 Å². The van der Waals surface area contributed by atoms with Gasteiger partial charge in [-0.15, -0.1) is 11.3 Å². The summed E-state index contributed by atoms with van der Waals surface area (Å²) in [5, 5.41) is 2.05. The van der Waals surface area contributed by atoms with Gasteiger partial charge in [-0.1, -0.05) is 24.3 Å². The Balaban J connectivity index is 2.28. The quantitative estimate of drug-likeness (QED) is 0.903. The molecule has 0 bridgehead atoms. The minimum atomic E-state index is -0.165. The van der Waals surface area contributed by atoms with Gasteiger partial charge in [0.1, 0.15) is 5.82 Å². The molecule has 0 spiro atoms. The van der Waals surface area contributed by atoms with Crippen LogP contribution in [0.1, 0.15) is 36.4 Å². The summed E-state index contributed by atoms with van der Waals surface area (Å²) in [6, 6.07) is 11.1. The highest BCUT2D eigenvalue weighted by atomic mass is 32.1. The van der Waals surface area contributed by atoms with Crippen LogP contribution in [0.5, 0.6) is 0 Å². The second kappa shape index (κ2) is 6.48. The molecule has 2 aromatic rings. The molecule has 0 aliphatic rings. The van der Waals surface area contributed by atoms with Gasteiger partial charge >= 0.3 is 0 Å². The monoisotopic (exact) mass is 292 g/mol. The van der Waals surface area contributed by atoms with Crippen LogP contribution in [0.15, 0.2) is 41.8 Å². The molecule has 0 aliphatic heterocycles. The van der Waals surface area contributed by atoms with Crippen LogP contribution in [0.2, 0.25) is 0 Å². The van der Waals surface area contributed by atoms with Crippen LogP contribution in [0, 0.1) is 5.82 Å². The average molecular weight is 292 g/mol. The molecule has 1 aromatic carbocycles. The predicted molar refractivity (Wildman–Crippen MR) is 83.3 cm³/mol. The summed E-state index contributed by atoms with van der Waals surface area (Å²) >= 11 is 1.69. The molecule has 0 aliphatic carbocycles. The first-order valence-electron chi connectivity index (χ1n) is 6.77. The van der Waals surface area contributed by atoms with E-state index >= 15 is 0 Å². The van der Waals surface area contributed by atoms with Gasteiger partial charge in [-0.25, -0.2) is 4.39 Å². The fourth-order valence-corrected chi connectivity index (χ4v) is 3.56. The number of halogens is 1. The first kappa shape index (κ1) is 15.2. The van der Waals surface area contributed by atoms with E-state index in [2.05, 4.69) is 11.0 Å². The van der Waals surface area contributed by atoms with E-state index in [1.54, 1.807) is 17.4 Å². The molecule has 20 heavy (non-hydrogen) atoms. The molecule has 2 rings (SSSR count). The van der Waals surface area contributed by atoms with Crippen LogP contribution in [-0.2, 0) is 0 Å². The molecular formula is C16H21FN2S. The van der Waals surface area contributed by atoms with Crippen LogP contribution in [0.4, 0.5) is 4.39 Å². The molecule has 3 atom stereocenters. The first-order chi connectivity index (χ1) is 9.52. The van der Waals surface area contributed by atoms with E-state index in [0.717, 1.165) is 0 Å². The highest BCUT2D eigenvalue weighted by Crippen LogP contribution is 2.33. The van der Waals surface area contributed by atoms with Crippen LogP contribution >= 0.6 is 11.3 Å². The summed E-state index contributed by atoms with van der Waals surface area (Å²) in [5.41, 5.74) is 6.86. The van der Waals surface area contributed by atoms with Gasteiger partial charge < -0.3 is 5.73 Å². The summed E-state index contributed by atoms with van der Waals surface area (Å²) in [6.45, 7) is 4.01. The number of nitrogens with zero attached hydrogens (tertiary/aromatic N) is 1. The van der Waals surface area contributed by atoms with E-state index in [4.69, 9.17) is 5.73 Å². The molecule has 2 N–H and O–H groups in total. The van der Waals surface area contributed by atoms with Crippen molar-refractivity contribution < 1.29 is 4.39 Å². The lowest BCUT2D eigenvalue weighted by Gasteiger charge is -2.35. The Morgan fingerprint density at radius 1 is 1.15 bits per heavy atom. The number of rotatable bonds is 5. The highest BCUT2D eigenvalue weighted by molar-refractivity contribution is 7.10. The molecule has 0 saturated carbocycles. The normalized spacial score (nSPS) is 16.1. The second-order valence-electron chi connectivity index (χ2n) is 5.18. The Labute approximate surface area is 124 Å². The number of likely N-dealkylation sites (N-methyl/N-ethyl adjacent to an activating group) is 1. The number of hydrogen-bond donors (Lipinski definition) is 1. The first-order valence-corrected chi connectivity index (χ1v) is 7.65. The van der Waals surface area contributed by atoms with Crippen molar-refractivity contribution in [3.05, 3.63) is 58.0 Å². The Morgan fingerprint density at radius 2 is 1.85 bits per heavy atom. The van der Waals surface area contributed by atoms with Crippen molar-refractivity contribution in [3.8, 4) is 0 Å². The fourth-order valence-electron chi connectivity index (χ4n) is 2.56. The van der Waals surface area contributed by atoms with Gasteiger partial charge in [0.25, 0.3) is 0 Å². The third kappa shape index (κ3) is 3.08. The predicted octanol–water partition coefficient (Wildman–Crippen LogP) is 3.97. The summed E-state index contributed by atoms with van der Waals surface area (Å²) in [7, 11) is 2.00. The maximum Gasteiger partial charge on any atom is 0.127 e. The zero-order valence-electron chi connectivity index (χ0n) is 12.1. The SMILES string of the molecule is CC(N)C(c1cccs1)N(C)C(C)c1ccccc1F. The van der Waals surface area contributed by atoms with Crippen LogP contribution < -0.4 is 5.73 Å². The zero-order chi connectivity index (χ0) is 14.7. The van der Waals surface area contributed by atoms with E-state index in [-0.39, 0.29) is 23.9 Å². The molecule has 108 valence electrons. The average Bonchev–Trinajstić information content (AvgIpc) is 2.92. The van der Waals surface area contributed by atoms with Crippen molar-refractivity contribution in [2.24, 2.45) is 5.73 Å². The lowest BCUT2D eigenvalue weighted by atomic mass is 10.0. The number of thiophene rings is 1. The Bertz CT molecular complexity index is 539. The van der Waals surface area contributed by atoms with Gasteiger partial charge in [-0.3, -0.25) is 4.90 Å². The minimum absolute atomic E-state index is 0.0205. The lowest BCUT2D eigenvalue weighted by molar-refractivity contribution is 0.165.